The van der Waals surface area contributed by atoms with Crippen LogP contribution in [-0.2, 0) is 9.53 Å². The van der Waals surface area contributed by atoms with Gasteiger partial charge in [0.25, 0.3) is 0 Å². The Kier molecular flexibility index (Phi) is 5.65. The predicted octanol–water partition coefficient (Wildman–Crippen LogP) is 2.29. The number of hydrogen-bond acceptors (Lipinski definition) is 3. The first-order valence-corrected chi connectivity index (χ1v) is 7.37. The van der Waals surface area contributed by atoms with Crippen LogP contribution in [0, 0.1) is 0 Å². The third-order valence-electron chi connectivity index (χ3n) is 3.03. The van der Waals surface area contributed by atoms with E-state index >= 15 is 0 Å². The number of rotatable bonds is 6. The van der Waals surface area contributed by atoms with E-state index in [1.54, 1.807) is 24.3 Å². The standard InChI is InChI=1S/C14H14Cl2N2O4/c15-4-5-22-7-10-11(13(19)20)12(18-14(21)17-10)8-2-1-3-9(16)6-8/h1-3,6,12H,4-5,7H2,(H,19,20)(H2,17,18,21). The molecule has 8 heteroatoms. The molecule has 3 N–H and O–H groups in total. The van der Waals surface area contributed by atoms with Crippen molar-refractivity contribution in [1.82, 2.24) is 10.6 Å². The maximum atomic E-state index is 11.8. The lowest BCUT2D eigenvalue weighted by Crippen LogP contribution is -2.46. The molecular formula is C14H14Cl2N2O4. The summed E-state index contributed by atoms with van der Waals surface area (Å²) in [5, 5.41) is 15.0. The monoisotopic (exact) mass is 344 g/mol. The minimum Gasteiger partial charge on any atom is -0.478 e. The van der Waals surface area contributed by atoms with Crippen LogP contribution < -0.4 is 10.6 Å². The molecule has 0 bridgehead atoms. The van der Waals surface area contributed by atoms with Crippen molar-refractivity contribution in [2.24, 2.45) is 0 Å². The number of ether oxygens (including phenoxy) is 1. The van der Waals surface area contributed by atoms with Gasteiger partial charge in [-0.1, -0.05) is 23.7 Å². The Balaban J connectivity index is 2.39. The Morgan fingerprint density at radius 2 is 2.18 bits per heavy atom. The zero-order chi connectivity index (χ0) is 16.1. The summed E-state index contributed by atoms with van der Waals surface area (Å²) < 4.78 is 5.24. The molecule has 1 aromatic rings. The van der Waals surface area contributed by atoms with Gasteiger partial charge in [-0.05, 0) is 17.7 Å². The van der Waals surface area contributed by atoms with Crippen LogP contribution >= 0.6 is 23.2 Å². The zero-order valence-electron chi connectivity index (χ0n) is 11.4. The summed E-state index contributed by atoms with van der Waals surface area (Å²) in [6, 6.07) is 5.36. The number of carbonyl (C=O) groups excluding carboxylic acids is 1. The third-order valence-corrected chi connectivity index (χ3v) is 3.42. The number of aliphatic carboxylic acids is 1. The van der Waals surface area contributed by atoms with Crippen molar-refractivity contribution in [2.75, 3.05) is 19.1 Å². The molecule has 0 aromatic heterocycles. The Labute approximate surface area is 137 Å². The van der Waals surface area contributed by atoms with Crippen LogP contribution in [0.2, 0.25) is 5.02 Å². The molecule has 0 saturated heterocycles. The van der Waals surface area contributed by atoms with Gasteiger partial charge < -0.3 is 20.5 Å². The van der Waals surface area contributed by atoms with E-state index < -0.39 is 18.0 Å². The molecule has 1 heterocycles. The number of hydrogen-bond donors (Lipinski definition) is 3. The predicted molar refractivity (Wildman–Crippen MR) is 82.1 cm³/mol. The van der Waals surface area contributed by atoms with E-state index in [1.165, 1.54) is 0 Å². The Morgan fingerprint density at radius 3 is 2.82 bits per heavy atom. The number of alkyl halides is 1. The molecular weight excluding hydrogens is 331 g/mol. The van der Waals surface area contributed by atoms with E-state index in [4.69, 9.17) is 27.9 Å². The van der Waals surface area contributed by atoms with Crippen molar-refractivity contribution in [3.63, 3.8) is 0 Å². The Morgan fingerprint density at radius 1 is 1.41 bits per heavy atom. The van der Waals surface area contributed by atoms with Gasteiger partial charge in [0.05, 0.1) is 30.5 Å². The van der Waals surface area contributed by atoms with E-state index in [2.05, 4.69) is 10.6 Å². The first-order valence-electron chi connectivity index (χ1n) is 6.46. The average Bonchev–Trinajstić information content (AvgIpc) is 2.46. The van der Waals surface area contributed by atoms with E-state index in [0.717, 1.165) is 0 Å². The molecule has 1 unspecified atom stereocenters. The van der Waals surface area contributed by atoms with Gasteiger partial charge in [-0.3, -0.25) is 0 Å². The van der Waals surface area contributed by atoms with Crippen molar-refractivity contribution in [3.05, 3.63) is 46.1 Å². The van der Waals surface area contributed by atoms with Crippen LogP contribution in [0.1, 0.15) is 11.6 Å². The smallest absolute Gasteiger partial charge is 0.335 e. The summed E-state index contributed by atoms with van der Waals surface area (Å²) in [6.45, 7) is 0.210. The highest BCUT2D eigenvalue weighted by Crippen LogP contribution is 2.28. The second-order valence-corrected chi connectivity index (χ2v) is 5.34. The van der Waals surface area contributed by atoms with E-state index in [-0.39, 0.29) is 30.4 Å². The van der Waals surface area contributed by atoms with Gasteiger partial charge in [-0.25, -0.2) is 9.59 Å². The molecule has 2 rings (SSSR count). The van der Waals surface area contributed by atoms with Crippen molar-refractivity contribution in [3.8, 4) is 0 Å². The van der Waals surface area contributed by atoms with E-state index in [0.29, 0.717) is 10.6 Å². The van der Waals surface area contributed by atoms with Gasteiger partial charge in [0.2, 0.25) is 0 Å². The summed E-state index contributed by atoms with van der Waals surface area (Å²) in [4.78, 5) is 23.4. The molecule has 0 saturated carbocycles. The van der Waals surface area contributed by atoms with Gasteiger partial charge in [0, 0.05) is 10.9 Å². The van der Waals surface area contributed by atoms with Gasteiger partial charge in [0.15, 0.2) is 0 Å². The molecule has 1 aromatic carbocycles. The Hall–Kier alpha value is -1.76. The maximum Gasteiger partial charge on any atom is 0.335 e. The number of urea groups is 1. The minimum absolute atomic E-state index is 0.0106. The molecule has 0 spiro atoms. The molecule has 1 atom stereocenters. The largest absolute Gasteiger partial charge is 0.478 e. The fourth-order valence-corrected chi connectivity index (χ4v) is 2.46. The fourth-order valence-electron chi connectivity index (χ4n) is 2.15. The van der Waals surface area contributed by atoms with Crippen molar-refractivity contribution >= 4 is 35.2 Å². The number of nitrogens with one attached hydrogen (secondary N) is 2. The number of halogens is 2. The van der Waals surface area contributed by atoms with Gasteiger partial charge in [-0.15, -0.1) is 11.6 Å². The summed E-state index contributed by atoms with van der Waals surface area (Å²) in [7, 11) is 0. The molecule has 0 fully saturated rings. The van der Waals surface area contributed by atoms with Crippen molar-refractivity contribution in [2.45, 2.75) is 6.04 Å². The molecule has 22 heavy (non-hydrogen) atoms. The number of carbonyl (C=O) groups is 2. The van der Waals surface area contributed by atoms with Crippen LogP contribution in [0.3, 0.4) is 0 Å². The van der Waals surface area contributed by atoms with E-state index in [9.17, 15) is 14.7 Å². The topological polar surface area (TPSA) is 87.7 Å². The third kappa shape index (κ3) is 3.91. The normalized spacial score (nSPS) is 17.9. The van der Waals surface area contributed by atoms with E-state index in [1.807, 2.05) is 0 Å². The quantitative estimate of drug-likeness (QED) is 0.545. The summed E-state index contributed by atoms with van der Waals surface area (Å²) >= 11 is 11.5. The lowest BCUT2D eigenvalue weighted by atomic mass is 9.95. The number of benzene rings is 1. The van der Waals surface area contributed by atoms with Crippen LogP contribution in [0.5, 0.6) is 0 Å². The van der Waals surface area contributed by atoms with Gasteiger partial charge in [0.1, 0.15) is 0 Å². The fraction of sp³-hybridized carbons (Fsp3) is 0.286. The molecule has 118 valence electrons. The van der Waals surface area contributed by atoms with Crippen LogP contribution in [0.25, 0.3) is 0 Å². The first-order chi connectivity index (χ1) is 10.5. The number of carboxylic acids is 1. The summed E-state index contributed by atoms with van der Waals surface area (Å²) in [5.41, 5.74) is 0.789. The molecule has 6 nitrogen and oxygen atoms in total. The Bertz CT molecular complexity index is 619. The highest BCUT2D eigenvalue weighted by molar-refractivity contribution is 6.30. The van der Waals surface area contributed by atoms with Crippen LogP contribution in [0.4, 0.5) is 4.79 Å². The van der Waals surface area contributed by atoms with Crippen LogP contribution in [-0.4, -0.2) is 36.2 Å². The van der Waals surface area contributed by atoms with Gasteiger partial charge in [-0.2, -0.15) is 0 Å². The van der Waals surface area contributed by atoms with Crippen LogP contribution in [0.15, 0.2) is 35.5 Å². The van der Waals surface area contributed by atoms with Gasteiger partial charge >= 0.3 is 12.0 Å². The maximum absolute atomic E-state index is 11.8. The molecule has 0 radical (unpaired) electrons. The minimum atomic E-state index is -1.15. The summed E-state index contributed by atoms with van der Waals surface area (Å²) in [6.07, 6.45) is 0. The zero-order valence-corrected chi connectivity index (χ0v) is 12.9. The second-order valence-electron chi connectivity index (χ2n) is 4.53. The molecule has 1 aliphatic rings. The highest BCUT2D eigenvalue weighted by Gasteiger charge is 2.32. The molecule has 1 aliphatic heterocycles. The molecule has 0 aliphatic carbocycles. The number of carboxylic acid groups (broad SMARTS) is 1. The SMILES string of the molecule is O=C1NC(COCCCl)=C(C(=O)O)C(c2cccc(Cl)c2)N1. The number of amides is 2. The first kappa shape index (κ1) is 16.6. The van der Waals surface area contributed by atoms with Crippen molar-refractivity contribution in [1.29, 1.82) is 0 Å². The summed E-state index contributed by atoms with van der Waals surface area (Å²) in [5.74, 6) is -0.874. The highest BCUT2D eigenvalue weighted by atomic mass is 35.5. The lowest BCUT2D eigenvalue weighted by molar-refractivity contribution is -0.133. The average molecular weight is 345 g/mol. The van der Waals surface area contributed by atoms with Crippen molar-refractivity contribution < 1.29 is 19.4 Å². The second kappa shape index (κ2) is 7.49. The molecule has 2 amide bonds. The lowest BCUT2D eigenvalue weighted by Gasteiger charge is -2.28.